The van der Waals surface area contributed by atoms with Crippen LogP contribution in [0.15, 0.2) is 42.7 Å². The lowest BCUT2D eigenvalue weighted by Crippen LogP contribution is -2.42. The molecule has 2 atom stereocenters. The highest BCUT2D eigenvalue weighted by Crippen LogP contribution is 2.19. The standard InChI is InChI=1S/C23H29N3O3/c27-22(15-26-7-5-19-3-1-2-4-20(19)14-26)13-25-23(28)21-10-18(11-24-12-21)9-17-6-8-29-16-17/h1-4,10-12,17,22,27H,5-9,13-16H2,(H,25,28)/t17?,22-/m0/s1. The van der Waals surface area contributed by atoms with E-state index < -0.39 is 6.10 Å². The number of carbonyl (C=O) groups is 1. The summed E-state index contributed by atoms with van der Waals surface area (Å²) in [6.45, 7) is 4.16. The van der Waals surface area contributed by atoms with Crippen LogP contribution in [0.4, 0.5) is 0 Å². The van der Waals surface area contributed by atoms with Crippen LogP contribution in [0.3, 0.4) is 0 Å². The lowest BCUT2D eigenvalue weighted by molar-refractivity contribution is 0.0841. The van der Waals surface area contributed by atoms with Crippen LogP contribution in [0.5, 0.6) is 0 Å². The maximum atomic E-state index is 12.5. The number of benzene rings is 1. The Balaban J connectivity index is 1.25. The van der Waals surface area contributed by atoms with Gasteiger partial charge in [0.1, 0.15) is 0 Å². The van der Waals surface area contributed by atoms with Gasteiger partial charge in [-0.15, -0.1) is 0 Å². The fourth-order valence-electron chi connectivity index (χ4n) is 4.19. The number of aliphatic hydroxyl groups is 1. The smallest absolute Gasteiger partial charge is 0.252 e. The Bertz CT molecular complexity index is 836. The lowest BCUT2D eigenvalue weighted by atomic mass is 9.99. The number of hydrogen-bond donors (Lipinski definition) is 2. The summed E-state index contributed by atoms with van der Waals surface area (Å²) in [5, 5.41) is 13.3. The number of pyridine rings is 1. The number of ether oxygens (including phenoxy) is 1. The van der Waals surface area contributed by atoms with Crippen molar-refractivity contribution in [1.29, 1.82) is 0 Å². The summed E-state index contributed by atoms with van der Waals surface area (Å²) in [5.74, 6) is 0.316. The van der Waals surface area contributed by atoms with Crippen molar-refractivity contribution in [3.05, 3.63) is 65.0 Å². The Morgan fingerprint density at radius 3 is 3.00 bits per heavy atom. The highest BCUT2D eigenvalue weighted by molar-refractivity contribution is 5.94. The molecule has 0 saturated carbocycles. The molecule has 2 aliphatic rings. The molecule has 2 aliphatic heterocycles. The third kappa shape index (κ3) is 5.41. The number of β-amino-alcohol motifs (C(OH)–C–C–N with tert-alkyl or cyclic N) is 1. The molecule has 0 radical (unpaired) electrons. The van der Waals surface area contributed by atoms with E-state index in [4.69, 9.17) is 4.74 Å². The molecule has 6 heteroatoms. The van der Waals surface area contributed by atoms with Gasteiger partial charge < -0.3 is 15.2 Å². The van der Waals surface area contributed by atoms with Crippen LogP contribution in [-0.2, 0) is 24.1 Å². The zero-order valence-corrected chi connectivity index (χ0v) is 16.7. The largest absolute Gasteiger partial charge is 0.390 e. The second-order valence-corrected chi connectivity index (χ2v) is 8.13. The molecule has 1 aromatic carbocycles. The molecule has 1 saturated heterocycles. The molecule has 0 spiro atoms. The number of nitrogens with zero attached hydrogens (tertiary/aromatic N) is 2. The molecule has 0 aliphatic carbocycles. The zero-order chi connectivity index (χ0) is 20.1. The number of hydrogen-bond acceptors (Lipinski definition) is 5. The molecule has 2 aromatic rings. The van der Waals surface area contributed by atoms with Crippen molar-refractivity contribution in [2.75, 3.05) is 32.8 Å². The summed E-state index contributed by atoms with van der Waals surface area (Å²) in [6.07, 6.45) is 5.74. The molecule has 1 amide bonds. The van der Waals surface area contributed by atoms with E-state index in [0.717, 1.165) is 51.1 Å². The van der Waals surface area contributed by atoms with E-state index in [-0.39, 0.29) is 12.5 Å². The molecule has 4 rings (SSSR count). The van der Waals surface area contributed by atoms with Crippen molar-refractivity contribution >= 4 is 5.91 Å². The van der Waals surface area contributed by atoms with Crippen LogP contribution in [0.2, 0.25) is 0 Å². The Morgan fingerprint density at radius 1 is 1.31 bits per heavy atom. The molecule has 6 nitrogen and oxygen atoms in total. The van der Waals surface area contributed by atoms with Gasteiger partial charge in [-0.1, -0.05) is 24.3 Å². The number of amides is 1. The minimum Gasteiger partial charge on any atom is -0.390 e. The summed E-state index contributed by atoms with van der Waals surface area (Å²) in [4.78, 5) is 19.0. The predicted molar refractivity (Wildman–Crippen MR) is 111 cm³/mol. The van der Waals surface area contributed by atoms with E-state index in [1.54, 1.807) is 6.20 Å². The van der Waals surface area contributed by atoms with Crippen molar-refractivity contribution in [3.8, 4) is 0 Å². The summed E-state index contributed by atoms with van der Waals surface area (Å²) in [5.41, 5.74) is 4.31. The van der Waals surface area contributed by atoms with Crippen LogP contribution in [0.25, 0.3) is 0 Å². The molecule has 2 N–H and O–H groups in total. The van der Waals surface area contributed by atoms with Crippen molar-refractivity contribution in [2.45, 2.75) is 31.9 Å². The van der Waals surface area contributed by atoms with Crippen LogP contribution >= 0.6 is 0 Å². The first-order valence-electron chi connectivity index (χ1n) is 10.4. The summed E-state index contributed by atoms with van der Waals surface area (Å²) >= 11 is 0. The van der Waals surface area contributed by atoms with Gasteiger partial charge in [-0.3, -0.25) is 14.7 Å². The first-order valence-corrected chi connectivity index (χ1v) is 10.4. The Hall–Kier alpha value is -2.28. The van der Waals surface area contributed by atoms with E-state index >= 15 is 0 Å². The molecule has 29 heavy (non-hydrogen) atoms. The summed E-state index contributed by atoms with van der Waals surface area (Å²) < 4.78 is 5.42. The van der Waals surface area contributed by atoms with Gasteiger partial charge in [-0.2, -0.15) is 0 Å². The fourth-order valence-corrected chi connectivity index (χ4v) is 4.19. The number of carbonyl (C=O) groups excluding carboxylic acids is 1. The van der Waals surface area contributed by atoms with Crippen LogP contribution in [0, 0.1) is 5.92 Å². The van der Waals surface area contributed by atoms with E-state index in [1.165, 1.54) is 11.1 Å². The molecular formula is C23H29N3O3. The van der Waals surface area contributed by atoms with Crippen molar-refractivity contribution in [3.63, 3.8) is 0 Å². The number of aliphatic hydroxyl groups excluding tert-OH is 1. The monoisotopic (exact) mass is 395 g/mol. The van der Waals surface area contributed by atoms with Gasteiger partial charge >= 0.3 is 0 Å². The molecule has 0 bridgehead atoms. The van der Waals surface area contributed by atoms with Gasteiger partial charge in [-0.05, 0) is 47.9 Å². The van der Waals surface area contributed by atoms with Crippen molar-refractivity contribution in [2.24, 2.45) is 5.92 Å². The third-order valence-corrected chi connectivity index (χ3v) is 5.78. The molecular weight excluding hydrogens is 366 g/mol. The second-order valence-electron chi connectivity index (χ2n) is 8.13. The molecule has 1 aromatic heterocycles. The zero-order valence-electron chi connectivity index (χ0n) is 16.7. The quantitative estimate of drug-likeness (QED) is 0.748. The van der Waals surface area contributed by atoms with E-state index in [1.807, 2.05) is 12.3 Å². The first-order chi connectivity index (χ1) is 14.2. The second kappa shape index (κ2) is 9.48. The minimum atomic E-state index is -0.601. The lowest BCUT2D eigenvalue weighted by Gasteiger charge is -2.30. The topological polar surface area (TPSA) is 74.7 Å². The normalized spacial score (nSPS) is 20.2. The van der Waals surface area contributed by atoms with Crippen LogP contribution < -0.4 is 5.32 Å². The Labute approximate surface area is 171 Å². The summed E-state index contributed by atoms with van der Waals surface area (Å²) in [7, 11) is 0. The SMILES string of the molecule is O=C(NC[C@H](O)CN1CCc2ccccc2C1)c1cncc(CC2CCOC2)c1. The highest BCUT2D eigenvalue weighted by atomic mass is 16.5. The van der Waals surface area contributed by atoms with Gasteiger partial charge in [0.25, 0.3) is 5.91 Å². The molecule has 1 unspecified atom stereocenters. The highest BCUT2D eigenvalue weighted by Gasteiger charge is 2.20. The fraction of sp³-hybridized carbons (Fsp3) is 0.478. The first kappa shape index (κ1) is 20.0. The molecule has 3 heterocycles. The van der Waals surface area contributed by atoms with Gasteiger partial charge in [0.2, 0.25) is 0 Å². The van der Waals surface area contributed by atoms with Crippen LogP contribution in [-0.4, -0.2) is 59.8 Å². The number of aromatic nitrogens is 1. The van der Waals surface area contributed by atoms with E-state index in [0.29, 0.717) is 18.0 Å². The number of rotatable bonds is 7. The summed E-state index contributed by atoms with van der Waals surface area (Å²) in [6, 6.07) is 10.3. The van der Waals surface area contributed by atoms with Gasteiger partial charge in [-0.25, -0.2) is 0 Å². The average Bonchev–Trinajstić information content (AvgIpc) is 3.25. The number of fused-ring (bicyclic) bond motifs is 1. The van der Waals surface area contributed by atoms with Gasteiger partial charge in [0.05, 0.1) is 11.7 Å². The molecule has 1 fully saturated rings. The number of nitrogens with one attached hydrogen (secondary N) is 1. The minimum absolute atomic E-state index is 0.190. The average molecular weight is 396 g/mol. The van der Waals surface area contributed by atoms with Crippen molar-refractivity contribution < 1.29 is 14.6 Å². The molecule has 154 valence electrons. The van der Waals surface area contributed by atoms with Gasteiger partial charge in [0.15, 0.2) is 0 Å². The maximum Gasteiger partial charge on any atom is 0.252 e. The van der Waals surface area contributed by atoms with E-state index in [2.05, 4.69) is 39.5 Å². The van der Waals surface area contributed by atoms with Crippen LogP contribution in [0.1, 0.15) is 33.5 Å². The Morgan fingerprint density at radius 2 is 2.17 bits per heavy atom. The maximum absolute atomic E-state index is 12.5. The van der Waals surface area contributed by atoms with E-state index in [9.17, 15) is 9.90 Å². The predicted octanol–water partition coefficient (Wildman–Crippen LogP) is 1.81. The third-order valence-electron chi connectivity index (χ3n) is 5.78. The van der Waals surface area contributed by atoms with Crippen molar-refractivity contribution in [1.82, 2.24) is 15.2 Å². The van der Waals surface area contributed by atoms with Gasteiger partial charge in [0, 0.05) is 51.8 Å². The Kier molecular flexibility index (Phi) is 6.54.